The van der Waals surface area contributed by atoms with Crippen molar-refractivity contribution in [1.29, 1.82) is 0 Å². The molecule has 28 heavy (non-hydrogen) atoms. The van der Waals surface area contributed by atoms with E-state index in [0.717, 1.165) is 0 Å². The zero-order valence-electron chi connectivity index (χ0n) is 14.7. The first-order chi connectivity index (χ1) is 13.4. The predicted molar refractivity (Wildman–Crippen MR) is 104 cm³/mol. The summed E-state index contributed by atoms with van der Waals surface area (Å²) in [5.41, 5.74) is 1.62. The van der Waals surface area contributed by atoms with Crippen LogP contribution in [0.3, 0.4) is 0 Å². The largest absolute Gasteiger partial charge is 0.355 e. The predicted octanol–water partition coefficient (Wildman–Crippen LogP) is 2.68. The third-order valence-electron chi connectivity index (χ3n) is 4.12. The molecule has 8 nitrogen and oxygen atoms in total. The van der Waals surface area contributed by atoms with Crippen molar-refractivity contribution in [2.75, 3.05) is 6.66 Å². The monoisotopic (exact) mass is 394 g/mol. The second-order valence-corrected chi connectivity index (χ2v) is 8.47. The van der Waals surface area contributed by atoms with Gasteiger partial charge in [0.15, 0.2) is 11.6 Å². The maximum absolute atomic E-state index is 12.4. The third kappa shape index (κ3) is 3.55. The number of H-pyrrole nitrogens is 1. The van der Waals surface area contributed by atoms with Gasteiger partial charge in [0.2, 0.25) is 7.37 Å². The van der Waals surface area contributed by atoms with Crippen LogP contribution in [0.25, 0.3) is 34.1 Å². The molecule has 0 bridgehead atoms. The van der Waals surface area contributed by atoms with E-state index in [1.165, 1.54) is 12.9 Å². The molecule has 0 amide bonds. The van der Waals surface area contributed by atoms with E-state index < -0.39 is 7.37 Å². The Bertz CT molecular complexity index is 1230. The van der Waals surface area contributed by atoms with E-state index in [9.17, 15) is 14.3 Å². The summed E-state index contributed by atoms with van der Waals surface area (Å²) in [5, 5.41) is 4.33. The molecule has 1 unspecified atom stereocenters. The Kier molecular flexibility index (Phi) is 4.50. The van der Waals surface area contributed by atoms with Crippen molar-refractivity contribution < 1.29 is 14.0 Å². The molecule has 0 radical (unpaired) electrons. The molecule has 1 atom stereocenters. The van der Waals surface area contributed by atoms with Gasteiger partial charge in [0.25, 0.3) is 5.56 Å². The number of rotatable bonds is 4. The van der Waals surface area contributed by atoms with Gasteiger partial charge in [-0.3, -0.25) is 14.3 Å². The Hall–Kier alpha value is -3.35. The maximum Gasteiger partial charge on any atom is 0.262 e. The fourth-order valence-electron chi connectivity index (χ4n) is 2.65. The van der Waals surface area contributed by atoms with Crippen LogP contribution in [0, 0.1) is 0 Å². The number of aromatic amines is 1. The summed E-state index contributed by atoms with van der Waals surface area (Å²) < 4.78 is 17.0. The first-order valence-electron chi connectivity index (χ1n) is 8.31. The van der Waals surface area contributed by atoms with Crippen molar-refractivity contribution in [3.8, 4) is 34.1 Å². The molecule has 140 valence electrons. The minimum absolute atomic E-state index is 0.239. The third-order valence-corrected chi connectivity index (χ3v) is 5.38. The Morgan fingerprint density at radius 3 is 2.50 bits per heavy atom. The van der Waals surface area contributed by atoms with Gasteiger partial charge in [0.05, 0.1) is 0 Å². The minimum atomic E-state index is -3.31. The van der Waals surface area contributed by atoms with Crippen LogP contribution in [0.4, 0.5) is 0 Å². The van der Waals surface area contributed by atoms with Gasteiger partial charge in [-0.1, -0.05) is 23.4 Å². The summed E-state index contributed by atoms with van der Waals surface area (Å²) in [6.45, 7) is 1.28. The van der Waals surface area contributed by atoms with Crippen LogP contribution in [-0.4, -0.2) is 31.7 Å². The summed E-state index contributed by atoms with van der Waals surface area (Å²) >= 11 is 0. The molecule has 0 saturated carbocycles. The number of hydrogen-bond acceptors (Lipinski definition) is 6. The van der Waals surface area contributed by atoms with E-state index >= 15 is 0 Å². The molecule has 0 saturated heterocycles. The molecule has 0 spiro atoms. The number of hydrogen-bond donors (Lipinski definition) is 2. The van der Waals surface area contributed by atoms with Gasteiger partial charge < -0.3 is 14.4 Å². The van der Waals surface area contributed by atoms with Crippen LogP contribution in [0.5, 0.6) is 0 Å². The average Bonchev–Trinajstić information content (AvgIpc) is 3.18. The SMILES string of the molecule is CP(=O)(O)c1ccc(-c2cc(-c3cnc(-c4ccccn4)[nH]c3=O)on2)cc1. The van der Waals surface area contributed by atoms with Crippen molar-refractivity contribution in [2.45, 2.75) is 0 Å². The molecule has 0 aliphatic rings. The van der Waals surface area contributed by atoms with Gasteiger partial charge in [0.1, 0.15) is 17.0 Å². The number of pyridine rings is 1. The van der Waals surface area contributed by atoms with Crippen LogP contribution in [0.1, 0.15) is 0 Å². The highest BCUT2D eigenvalue weighted by atomic mass is 31.2. The molecule has 4 aromatic rings. The highest BCUT2D eigenvalue weighted by molar-refractivity contribution is 7.65. The number of benzene rings is 1. The lowest BCUT2D eigenvalue weighted by Gasteiger charge is -2.05. The van der Waals surface area contributed by atoms with Crippen LogP contribution in [0.15, 0.2) is 70.2 Å². The summed E-state index contributed by atoms with van der Waals surface area (Å²) in [6.07, 6.45) is 3.03. The lowest BCUT2D eigenvalue weighted by Crippen LogP contribution is -2.11. The van der Waals surface area contributed by atoms with E-state index in [-0.39, 0.29) is 16.9 Å². The van der Waals surface area contributed by atoms with Crippen molar-refractivity contribution in [1.82, 2.24) is 20.1 Å². The van der Waals surface area contributed by atoms with Crippen LogP contribution in [0.2, 0.25) is 0 Å². The normalized spacial score (nSPS) is 13.2. The van der Waals surface area contributed by atoms with Crippen molar-refractivity contribution in [3.63, 3.8) is 0 Å². The summed E-state index contributed by atoms with van der Waals surface area (Å²) in [7, 11) is -3.31. The maximum atomic E-state index is 12.4. The minimum Gasteiger partial charge on any atom is -0.355 e. The summed E-state index contributed by atoms with van der Waals surface area (Å²) in [6, 6.07) is 13.4. The number of nitrogens with one attached hydrogen (secondary N) is 1. The fourth-order valence-corrected chi connectivity index (χ4v) is 3.35. The second kappa shape index (κ2) is 6.99. The van der Waals surface area contributed by atoms with Gasteiger partial charge in [-0.05, 0) is 24.3 Å². The highest BCUT2D eigenvalue weighted by Crippen LogP contribution is 2.34. The second-order valence-electron chi connectivity index (χ2n) is 6.19. The molecular weight excluding hydrogens is 379 g/mol. The molecule has 4 rings (SSSR count). The standard InChI is InChI=1S/C19H15N4O4P/c1-28(25,26)13-7-5-12(6-8-13)16-10-17(27-23-16)14-11-21-18(22-19(14)24)15-4-2-3-9-20-15/h2-11H,1H3,(H,25,26)(H,21,22,24). The molecule has 3 heterocycles. The van der Waals surface area contributed by atoms with Gasteiger partial charge in [0, 0.05) is 36.0 Å². The van der Waals surface area contributed by atoms with Crippen LogP contribution >= 0.6 is 7.37 Å². The van der Waals surface area contributed by atoms with Gasteiger partial charge in [-0.2, -0.15) is 0 Å². The first kappa shape index (κ1) is 18.0. The topological polar surface area (TPSA) is 122 Å². The molecule has 0 fully saturated rings. The quantitative estimate of drug-likeness (QED) is 0.510. The van der Waals surface area contributed by atoms with E-state index in [1.54, 1.807) is 54.7 Å². The number of aromatic nitrogens is 4. The summed E-state index contributed by atoms with van der Waals surface area (Å²) in [4.78, 5) is 33.1. The molecule has 0 aliphatic heterocycles. The smallest absolute Gasteiger partial charge is 0.262 e. The van der Waals surface area contributed by atoms with Crippen LogP contribution in [-0.2, 0) is 4.57 Å². The fraction of sp³-hybridized carbons (Fsp3) is 0.0526. The van der Waals surface area contributed by atoms with Gasteiger partial charge >= 0.3 is 0 Å². The Balaban J connectivity index is 1.64. The first-order valence-corrected chi connectivity index (χ1v) is 10.4. The van der Waals surface area contributed by atoms with Crippen molar-refractivity contribution in [3.05, 3.63) is 71.3 Å². The zero-order chi connectivity index (χ0) is 19.7. The number of nitrogens with zero attached hydrogens (tertiary/aromatic N) is 3. The van der Waals surface area contributed by atoms with E-state index in [2.05, 4.69) is 20.1 Å². The van der Waals surface area contributed by atoms with E-state index in [0.29, 0.717) is 28.1 Å². The molecule has 9 heteroatoms. The molecule has 0 aliphatic carbocycles. The molecule has 3 aromatic heterocycles. The van der Waals surface area contributed by atoms with Gasteiger partial charge in [-0.15, -0.1) is 0 Å². The highest BCUT2D eigenvalue weighted by Gasteiger charge is 2.16. The summed E-state index contributed by atoms with van der Waals surface area (Å²) in [5.74, 6) is 0.626. The Labute approximate surface area is 159 Å². The zero-order valence-corrected chi connectivity index (χ0v) is 15.6. The van der Waals surface area contributed by atoms with Crippen LogP contribution < -0.4 is 10.9 Å². The van der Waals surface area contributed by atoms with Crippen molar-refractivity contribution in [2.24, 2.45) is 0 Å². The molecular formula is C19H15N4O4P. The van der Waals surface area contributed by atoms with Crippen molar-refractivity contribution >= 4 is 12.7 Å². The lowest BCUT2D eigenvalue weighted by molar-refractivity contribution is 0.434. The molecule has 2 N–H and O–H groups in total. The van der Waals surface area contributed by atoms with E-state index in [1.807, 2.05) is 0 Å². The van der Waals surface area contributed by atoms with Gasteiger partial charge in [-0.25, -0.2) is 4.98 Å². The Morgan fingerprint density at radius 2 is 1.86 bits per heavy atom. The van der Waals surface area contributed by atoms with E-state index in [4.69, 9.17) is 4.52 Å². The Morgan fingerprint density at radius 1 is 1.07 bits per heavy atom. The average molecular weight is 394 g/mol. The molecule has 1 aromatic carbocycles. The lowest BCUT2D eigenvalue weighted by atomic mass is 10.1.